The predicted molar refractivity (Wildman–Crippen MR) is 96.4 cm³/mol. The van der Waals surface area contributed by atoms with Crippen LogP contribution in [-0.2, 0) is 10.0 Å². The summed E-state index contributed by atoms with van der Waals surface area (Å²) < 4.78 is 40.8. The third-order valence-electron chi connectivity index (χ3n) is 3.78. The molecule has 0 amide bonds. The zero-order valence-corrected chi connectivity index (χ0v) is 14.6. The van der Waals surface area contributed by atoms with Crippen molar-refractivity contribution < 1.29 is 12.8 Å². The number of aryl methyl sites for hydroxylation is 2. The van der Waals surface area contributed by atoms with Crippen molar-refractivity contribution in [3.05, 3.63) is 77.7 Å². The van der Waals surface area contributed by atoms with Crippen molar-refractivity contribution in [3.8, 4) is 11.1 Å². The Hall–Kier alpha value is -2.73. The summed E-state index contributed by atoms with van der Waals surface area (Å²) in [4.78, 5) is 4.28. The zero-order valence-electron chi connectivity index (χ0n) is 13.8. The standard InChI is InChI=1S/C19H17FN2O2S/c1-13-12-16(8-11-18(13)20)15-6-9-17(10-7-15)25(23,24)22-19-5-3-4-14(2)21-19/h3-12H,1-2H3,(H,21,22). The molecule has 0 atom stereocenters. The lowest BCUT2D eigenvalue weighted by atomic mass is 10.0. The highest BCUT2D eigenvalue weighted by molar-refractivity contribution is 7.92. The van der Waals surface area contributed by atoms with Crippen molar-refractivity contribution >= 4 is 15.8 Å². The first kappa shape index (κ1) is 17.1. The second-order valence-corrected chi connectivity index (χ2v) is 7.44. The molecule has 0 saturated carbocycles. The molecule has 1 N–H and O–H groups in total. The lowest BCUT2D eigenvalue weighted by Gasteiger charge is -2.09. The summed E-state index contributed by atoms with van der Waals surface area (Å²) in [7, 11) is -3.72. The van der Waals surface area contributed by atoms with E-state index in [2.05, 4.69) is 9.71 Å². The van der Waals surface area contributed by atoms with E-state index in [9.17, 15) is 12.8 Å². The molecule has 0 radical (unpaired) electrons. The van der Waals surface area contributed by atoms with Gasteiger partial charge in [0.1, 0.15) is 11.6 Å². The summed E-state index contributed by atoms with van der Waals surface area (Å²) in [5.41, 5.74) is 2.91. The van der Waals surface area contributed by atoms with Gasteiger partial charge in [-0.05, 0) is 66.9 Å². The van der Waals surface area contributed by atoms with E-state index in [0.717, 1.165) is 16.8 Å². The van der Waals surface area contributed by atoms with Crippen LogP contribution >= 0.6 is 0 Å². The van der Waals surface area contributed by atoms with Crippen LogP contribution in [0, 0.1) is 19.7 Å². The Labute approximate surface area is 146 Å². The summed E-state index contributed by atoms with van der Waals surface area (Å²) in [5.74, 6) is 0.0102. The molecule has 1 heterocycles. The van der Waals surface area contributed by atoms with E-state index in [1.165, 1.54) is 18.2 Å². The van der Waals surface area contributed by atoms with Crippen molar-refractivity contribution in [1.29, 1.82) is 0 Å². The molecule has 1 aromatic heterocycles. The molecule has 2 aromatic carbocycles. The van der Waals surface area contributed by atoms with E-state index >= 15 is 0 Å². The lowest BCUT2D eigenvalue weighted by Crippen LogP contribution is -2.14. The average Bonchev–Trinajstić information content (AvgIpc) is 2.57. The molecule has 0 saturated heterocycles. The molecule has 0 fully saturated rings. The first-order valence-corrected chi connectivity index (χ1v) is 9.16. The minimum Gasteiger partial charge on any atom is -0.263 e. The predicted octanol–water partition coefficient (Wildman–Crippen LogP) is 4.31. The van der Waals surface area contributed by atoms with E-state index < -0.39 is 10.0 Å². The summed E-state index contributed by atoms with van der Waals surface area (Å²) in [5, 5.41) is 0. The highest BCUT2D eigenvalue weighted by Gasteiger charge is 2.15. The SMILES string of the molecule is Cc1cccc(NS(=O)(=O)c2ccc(-c3ccc(F)c(C)c3)cc2)n1. The molecule has 0 spiro atoms. The zero-order chi connectivity index (χ0) is 18.0. The van der Waals surface area contributed by atoms with E-state index in [0.29, 0.717) is 5.56 Å². The maximum absolute atomic E-state index is 13.4. The number of anilines is 1. The van der Waals surface area contributed by atoms with E-state index in [1.54, 1.807) is 56.3 Å². The minimum absolute atomic E-state index is 0.137. The first-order valence-electron chi connectivity index (χ1n) is 7.68. The molecule has 3 aromatic rings. The van der Waals surface area contributed by atoms with Crippen molar-refractivity contribution in [2.75, 3.05) is 4.72 Å². The molecular weight excluding hydrogens is 339 g/mol. The summed E-state index contributed by atoms with van der Waals surface area (Å²) >= 11 is 0. The van der Waals surface area contributed by atoms with Gasteiger partial charge in [-0.1, -0.05) is 24.3 Å². The van der Waals surface area contributed by atoms with Crippen LogP contribution in [0.15, 0.2) is 65.6 Å². The van der Waals surface area contributed by atoms with Crippen LogP contribution < -0.4 is 4.72 Å². The number of aromatic nitrogens is 1. The number of halogens is 1. The molecule has 0 aliphatic heterocycles. The van der Waals surface area contributed by atoms with Crippen LogP contribution in [-0.4, -0.2) is 13.4 Å². The highest BCUT2D eigenvalue weighted by Crippen LogP contribution is 2.24. The molecule has 0 aliphatic carbocycles. The second-order valence-electron chi connectivity index (χ2n) is 5.76. The van der Waals surface area contributed by atoms with Crippen molar-refractivity contribution in [2.45, 2.75) is 18.7 Å². The molecule has 3 rings (SSSR count). The fourth-order valence-electron chi connectivity index (χ4n) is 2.45. The van der Waals surface area contributed by atoms with Gasteiger partial charge in [0, 0.05) is 5.69 Å². The Balaban J connectivity index is 1.87. The van der Waals surface area contributed by atoms with Gasteiger partial charge < -0.3 is 0 Å². The number of nitrogens with zero attached hydrogens (tertiary/aromatic N) is 1. The van der Waals surface area contributed by atoms with Gasteiger partial charge in [0.25, 0.3) is 10.0 Å². The third-order valence-corrected chi connectivity index (χ3v) is 5.15. The molecule has 25 heavy (non-hydrogen) atoms. The van der Waals surface area contributed by atoms with Gasteiger partial charge in [-0.15, -0.1) is 0 Å². The Morgan fingerprint density at radius 1 is 0.920 bits per heavy atom. The van der Waals surface area contributed by atoms with Gasteiger partial charge in [0.15, 0.2) is 0 Å². The number of pyridine rings is 1. The molecule has 4 nitrogen and oxygen atoms in total. The van der Waals surface area contributed by atoms with Crippen molar-refractivity contribution in [3.63, 3.8) is 0 Å². The fraction of sp³-hybridized carbons (Fsp3) is 0.105. The maximum atomic E-state index is 13.4. The Kier molecular flexibility index (Phi) is 4.55. The number of sulfonamides is 1. The average molecular weight is 356 g/mol. The van der Waals surface area contributed by atoms with Crippen molar-refractivity contribution in [1.82, 2.24) is 4.98 Å². The van der Waals surface area contributed by atoms with Gasteiger partial charge in [-0.3, -0.25) is 4.72 Å². The van der Waals surface area contributed by atoms with Crippen LogP contribution in [0.1, 0.15) is 11.3 Å². The van der Waals surface area contributed by atoms with Gasteiger partial charge >= 0.3 is 0 Å². The van der Waals surface area contributed by atoms with E-state index in [1.807, 2.05) is 0 Å². The van der Waals surface area contributed by atoms with Crippen LogP contribution in [0.3, 0.4) is 0 Å². The summed E-state index contributed by atoms with van der Waals surface area (Å²) in [6.45, 7) is 3.48. The monoisotopic (exact) mass is 356 g/mol. The summed E-state index contributed by atoms with van der Waals surface area (Å²) in [6, 6.07) is 16.4. The number of benzene rings is 2. The van der Waals surface area contributed by atoms with Crippen LogP contribution in [0.2, 0.25) is 0 Å². The molecule has 6 heteroatoms. The topological polar surface area (TPSA) is 59.1 Å². The van der Waals surface area contributed by atoms with Gasteiger partial charge in [-0.25, -0.2) is 17.8 Å². The van der Waals surface area contributed by atoms with Crippen LogP contribution in [0.25, 0.3) is 11.1 Å². The van der Waals surface area contributed by atoms with E-state index in [4.69, 9.17) is 0 Å². The number of hydrogen-bond acceptors (Lipinski definition) is 3. The Morgan fingerprint density at radius 3 is 2.24 bits per heavy atom. The van der Waals surface area contributed by atoms with Crippen LogP contribution in [0.5, 0.6) is 0 Å². The third kappa shape index (κ3) is 3.85. The Bertz CT molecular complexity index is 1020. The highest BCUT2D eigenvalue weighted by atomic mass is 32.2. The maximum Gasteiger partial charge on any atom is 0.263 e. The largest absolute Gasteiger partial charge is 0.263 e. The second kappa shape index (κ2) is 6.64. The molecule has 128 valence electrons. The smallest absolute Gasteiger partial charge is 0.263 e. The lowest BCUT2D eigenvalue weighted by molar-refractivity contribution is 0.601. The summed E-state index contributed by atoms with van der Waals surface area (Å²) in [6.07, 6.45) is 0. The molecule has 0 unspecified atom stereocenters. The van der Waals surface area contributed by atoms with Crippen molar-refractivity contribution in [2.24, 2.45) is 0 Å². The Morgan fingerprint density at radius 2 is 1.60 bits per heavy atom. The quantitative estimate of drug-likeness (QED) is 0.758. The number of hydrogen-bond donors (Lipinski definition) is 1. The van der Waals surface area contributed by atoms with Gasteiger partial charge in [0.2, 0.25) is 0 Å². The molecule has 0 aliphatic rings. The first-order chi connectivity index (χ1) is 11.8. The molecule has 0 bridgehead atoms. The van der Waals surface area contributed by atoms with E-state index in [-0.39, 0.29) is 16.5 Å². The fourth-order valence-corrected chi connectivity index (χ4v) is 3.45. The normalized spacial score (nSPS) is 11.3. The number of nitrogens with one attached hydrogen (secondary N) is 1. The van der Waals surface area contributed by atoms with Crippen LogP contribution in [0.4, 0.5) is 10.2 Å². The minimum atomic E-state index is -3.72. The van der Waals surface area contributed by atoms with Gasteiger partial charge in [0.05, 0.1) is 4.90 Å². The number of rotatable bonds is 4. The molecular formula is C19H17FN2O2S. The van der Waals surface area contributed by atoms with Gasteiger partial charge in [-0.2, -0.15) is 0 Å².